The first-order chi connectivity index (χ1) is 18.0. The van der Waals surface area contributed by atoms with E-state index in [4.69, 9.17) is 18.8 Å². The van der Waals surface area contributed by atoms with Crippen LogP contribution in [0.3, 0.4) is 0 Å². The molecule has 200 valence electrons. The summed E-state index contributed by atoms with van der Waals surface area (Å²) < 4.78 is 46.9. The minimum atomic E-state index is -4.40. The largest absolute Gasteiger partial charge is 0.493 e. The number of amides is 1. The van der Waals surface area contributed by atoms with Crippen LogP contribution in [-0.2, 0) is 10.1 Å². The monoisotopic (exact) mass is 545 g/mol. The summed E-state index contributed by atoms with van der Waals surface area (Å²) in [4.78, 5) is 23.6. The molecule has 38 heavy (non-hydrogen) atoms. The fraction of sp³-hybridized carbons (Fsp3) is 0.208. The lowest BCUT2D eigenvalue weighted by molar-refractivity contribution is -0.385. The maximum absolute atomic E-state index is 12.9. The SMILES string of the molecule is COc1cc2c(cc1OCC(O)CS(=O)(=O)O)Nc1cc(-c3ccc([N+](=O)[O-])c(OC)c3)ccc1C(=O)N2. The molecule has 1 unspecified atom stereocenters. The maximum atomic E-state index is 12.9. The van der Waals surface area contributed by atoms with E-state index in [2.05, 4.69) is 10.6 Å². The molecular formula is C24H23N3O10S. The number of methoxy groups -OCH3 is 2. The van der Waals surface area contributed by atoms with E-state index in [-0.39, 0.29) is 22.9 Å². The number of benzene rings is 3. The van der Waals surface area contributed by atoms with Crippen molar-refractivity contribution in [3.63, 3.8) is 0 Å². The summed E-state index contributed by atoms with van der Waals surface area (Å²) in [5.41, 5.74) is 2.62. The van der Waals surface area contributed by atoms with E-state index >= 15 is 0 Å². The summed E-state index contributed by atoms with van der Waals surface area (Å²) in [6, 6.07) is 12.4. The molecule has 4 rings (SSSR count). The Morgan fingerprint density at radius 3 is 2.21 bits per heavy atom. The molecule has 1 aliphatic heterocycles. The fourth-order valence-corrected chi connectivity index (χ4v) is 4.47. The Hall–Kier alpha value is -4.40. The number of nitrogens with zero attached hydrogens (tertiary/aromatic N) is 1. The van der Waals surface area contributed by atoms with Gasteiger partial charge in [-0.15, -0.1) is 0 Å². The van der Waals surface area contributed by atoms with Gasteiger partial charge in [0.2, 0.25) is 0 Å². The number of hydrogen-bond donors (Lipinski definition) is 4. The van der Waals surface area contributed by atoms with Crippen LogP contribution in [0.2, 0.25) is 0 Å². The second-order valence-corrected chi connectivity index (χ2v) is 9.74. The Balaban J connectivity index is 1.68. The lowest BCUT2D eigenvalue weighted by Crippen LogP contribution is -2.26. The molecule has 1 amide bonds. The van der Waals surface area contributed by atoms with Crippen LogP contribution in [0.1, 0.15) is 10.4 Å². The summed E-state index contributed by atoms with van der Waals surface area (Å²) in [7, 11) is -1.70. The molecule has 3 aromatic carbocycles. The van der Waals surface area contributed by atoms with E-state index in [1.807, 2.05) is 0 Å². The Kier molecular flexibility index (Phi) is 7.39. The molecule has 0 saturated carbocycles. The molecule has 0 fully saturated rings. The van der Waals surface area contributed by atoms with E-state index < -0.39 is 39.4 Å². The number of rotatable bonds is 9. The first-order valence-corrected chi connectivity index (χ1v) is 12.6. The molecule has 13 nitrogen and oxygen atoms in total. The number of ether oxygens (including phenoxy) is 3. The van der Waals surface area contributed by atoms with Crippen molar-refractivity contribution in [1.82, 2.24) is 0 Å². The quantitative estimate of drug-likeness (QED) is 0.176. The van der Waals surface area contributed by atoms with Gasteiger partial charge in [-0.3, -0.25) is 19.5 Å². The van der Waals surface area contributed by atoms with Crippen molar-refractivity contribution < 1.29 is 42.0 Å². The molecule has 0 spiro atoms. The molecule has 1 heterocycles. The maximum Gasteiger partial charge on any atom is 0.310 e. The molecule has 14 heteroatoms. The van der Waals surface area contributed by atoms with Crippen LogP contribution in [0.4, 0.5) is 22.7 Å². The number of nitro benzene ring substituents is 1. The van der Waals surface area contributed by atoms with Gasteiger partial charge < -0.3 is 30.0 Å². The molecule has 4 N–H and O–H groups in total. The van der Waals surface area contributed by atoms with Crippen molar-refractivity contribution >= 4 is 38.8 Å². The highest BCUT2D eigenvalue weighted by Crippen LogP contribution is 2.42. The second-order valence-electron chi connectivity index (χ2n) is 8.25. The minimum absolute atomic E-state index is 0.0866. The average Bonchev–Trinajstić information content (AvgIpc) is 2.99. The summed E-state index contributed by atoms with van der Waals surface area (Å²) >= 11 is 0. The van der Waals surface area contributed by atoms with Gasteiger partial charge in [0, 0.05) is 18.2 Å². The minimum Gasteiger partial charge on any atom is -0.493 e. The zero-order chi connectivity index (χ0) is 27.6. The Bertz CT molecular complexity index is 1520. The zero-order valence-electron chi connectivity index (χ0n) is 20.1. The Morgan fingerprint density at radius 1 is 0.921 bits per heavy atom. The van der Waals surface area contributed by atoms with Crippen molar-refractivity contribution in [2.45, 2.75) is 6.10 Å². The lowest BCUT2D eigenvalue weighted by Gasteiger charge is -2.17. The third-order valence-corrected chi connectivity index (χ3v) is 6.44. The van der Waals surface area contributed by atoms with Crippen molar-refractivity contribution in [3.8, 4) is 28.4 Å². The van der Waals surface area contributed by atoms with Crippen LogP contribution in [0.15, 0.2) is 48.5 Å². The van der Waals surface area contributed by atoms with Gasteiger partial charge in [0.1, 0.15) is 18.5 Å². The second kappa shape index (κ2) is 10.5. The van der Waals surface area contributed by atoms with Crippen molar-refractivity contribution in [3.05, 3.63) is 64.2 Å². The molecule has 0 aliphatic carbocycles. The van der Waals surface area contributed by atoms with Gasteiger partial charge >= 0.3 is 5.69 Å². The van der Waals surface area contributed by atoms with Gasteiger partial charge in [-0.1, -0.05) is 6.07 Å². The Labute approximate surface area is 216 Å². The van der Waals surface area contributed by atoms with Crippen LogP contribution in [0.5, 0.6) is 17.2 Å². The highest BCUT2D eigenvalue weighted by atomic mass is 32.2. The van der Waals surface area contributed by atoms with Gasteiger partial charge in [0.15, 0.2) is 17.2 Å². The lowest BCUT2D eigenvalue weighted by atomic mass is 10.0. The highest BCUT2D eigenvalue weighted by Gasteiger charge is 2.24. The normalized spacial score (nSPS) is 13.2. The fourth-order valence-electron chi connectivity index (χ4n) is 3.88. The topological polar surface area (TPSA) is 187 Å². The highest BCUT2D eigenvalue weighted by molar-refractivity contribution is 7.85. The molecule has 0 radical (unpaired) electrons. The van der Waals surface area contributed by atoms with Gasteiger partial charge in [0.25, 0.3) is 16.0 Å². The number of fused-ring (bicyclic) bond motifs is 2. The predicted molar refractivity (Wildman–Crippen MR) is 137 cm³/mol. The summed E-state index contributed by atoms with van der Waals surface area (Å²) in [6.07, 6.45) is -1.50. The van der Waals surface area contributed by atoms with Crippen molar-refractivity contribution in [1.29, 1.82) is 0 Å². The first kappa shape index (κ1) is 26.7. The van der Waals surface area contributed by atoms with Crippen LogP contribution in [-0.4, -0.2) is 61.6 Å². The van der Waals surface area contributed by atoms with Crippen LogP contribution >= 0.6 is 0 Å². The van der Waals surface area contributed by atoms with Crippen molar-refractivity contribution in [2.75, 3.05) is 37.2 Å². The summed E-state index contributed by atoms with van der Waals surface area (Å²) in [5, 5.41) is 27.0. The van der Waals surface area contributed by atoms with E-state index in [1.54, 1.807) is 24.3 Å². The van der Waals surface area contributed by atoms with E-state index in [0.29, 0.717) is 33.8 Å². The Morgan fingerprint density at radius 2 is 1.55 bits per heavy atom. The molecule has 0 saturated heterocycles. The molecule has 1 atom stereocenters. The number of nitro groups is 1. The molecule has 3 aromatic rings. The van der Waals surface area contributed by atoms with Crippen LogP contribution < -0.4 is 24.8 Å². The summed E-state index contributed by atoms with van der Waals surface area (Å²) in [6.45, 7) is -0.454. The molecule has 0 bridgehead atoms. The number of nitrogens with one attached hydrogen (secondary N) is 2. The smallest absolute Gasteiger partial charge is 0.310 e. The number of carbonyl (C=O) groups is 1. The zero-order valence-corrected chi connectivity index (χ0v) is 20.9. The van der Waals surface area contributed by atoms with Crippen LogP contribution in [0.25, 0.3) is 11.1 Å². The standard InChI is InChI=1S/C24H23N3O10S/c1-35-21-8-14(4-6-20(21)27(30)31)13-3-5-16-17(7-13)25-18-10-23(37-11-15(28)12-38(32,33)34)22(36-2)9-19(18)26-24(16)29/h3-10,15,25,28H,11-12H2,1-2H3,(H,26,29)(H,32,33,34). The predicted octanol–water partition coefficient (Wildman–Crippen LogP) is 3.22. The summed E-state index contributed by atoms with van der Waals surface area (Å²) in [5.74, 6) is -0.878. The number of anilines is 3. The third-order valence-electron chi connectivity index (χ3n) is 5.63. The number of carbonyl (C=O) groups excluding carboxylic acids is 1. The van der Waals surface area contributed by atoms with E-state index in [9.17, 15) is 28.4 Å². The third kappa shape index (κ3) is 5.77. The number of aliphatic hydroxyl groups excluding tert-OH is 1. The van der Waals surface area contributed by atoms with Crippen LogP contribution in [0, 0.1) is 10.1 Å². The molecule has 1 aliphatic rings. The van der Waals surface area contributed by atoms with Gasteiger partial charge in [-0.25, -0.2) is 0 Å². The van der Waals surface area contributed by atoms with Crippen molar-refractivity contribution in [2.24, 2.45) is 0 Å². The average molecular weight is 546 g/mol. The number of hydrogen-bond acceptors (Lipinski definition) is 10. The van der Waals surface area contributed by atoms with Gasteiger partial charge in [0.05, 0.1) is 41.8 Å². The number of aliphatic hydroxyl groups is 1. The first-order valence-electron chi connectivity index (χ1n) is 11.0. The van der Waals surface area contributed by atoms with Gasteiger partial charge in [-0.2, -0.15) is 8.42 Å². The van der Waals surface area contributed by atoms with E-state index in [1.165, 1.54) is 38.5 Å². The van der Waals surface area contributed by atoms with Gasteiger partial charge in [-0.05, 0) is 35.4 Å². The molecule has 0 aromatic heterocycles. The molecular weight excluding hydrogens is 522 g/mol. The van der Waals surface area contributed by atoms with E-state index in [0.717, 1.165) is 0 Å².